The Balaban J connectivity index is 1.64. The second kappa shape index (κ2) is 7.33. The number of amides is 1. The van der Waals surface area contributed by atoms with E-state index >= 15 is 0 Å². The topological polar surface area (TPSA) is 69.8 Å². The number of aliphatic hydroxyl groups is 1. The minimum atomic E-state index is -1.42. The molecule has 0 spiro atoms. The summed E-state index contributed by atoms with van der Waals surface area (Å²) in [6.07, 6.45) is 2.64. The van der Waals surface area contributed by atoms with Gasteiger partial charge in [0.05, 0.1) is 5.69 Å². The van der Waals surface area contributed by atoms with Crippen molar-refractivity contribution in [1.29, 1.82) is 0 Å². The van der Waals surface area contributed by atoms with Crippen LogP contribution < -0.4 is 0 Å². The zero-order valence-electron chi connectivity index (χ0n) is 14.2. The molecule has 6 nitrogen and oxygen atoms in total. The first-order valence-electron chi connectivity index (χ1n) is 8.30. The molecule has 0 aliphatic carbocycles. The van der Waals surface area contributed by atoms with E-state index < -0.39 is 5.60 Å². The van der Waals surface area contributed by atoms with Crippen LogP contribution in [0, 0.1) is 5.82 Å². The maximum atomic E-state index is 13.0. The number of piperidine rings is 1. The summed E-state index contributed by atoms with van der Waals surface area (Å²) in [7, 11) is 1.83. The van der Waals surface area contributed by atoms with Crippen molar-refractivity contribution in [3.63, 3.8) is 0 Å². The molecule has 1 aromatic carbocycles. The number of carbonyl (C=O) groups is 1. The van der Waals surface area contributed by atoms with Crippen LogP contribution in [0.1, 0.15) is 24.1 Å². The summed E-state index contributed by atoms with van der Waals surface area (Å²) in [5.41, 5.74) is 0.170. The molecule has 7 heteroatoms. The number of benzene rings is 1. The average Bonchev–Trinajstić information content (AvgIpc) is 3.07. The number of likely N-dealkylation sites (tertiary alicyclic amines) is 1. The first kappa shape index (κ1) is 17.6. The van der Waals surface area contributed by atoms with Crippen LogP contribution in [0.5, 0.6) is 0 Å². The van der Waals surface area contributed by atoms with E-state index in [0.717, 1.165) is 17.7 Å². The van der Waals surface area contributed by atoms with E-state index in [1.54, 1.807) is 23.1 Å². The van der Waals surface area contributed by atoms with E-state index in [0.29, 0.717) is 26.1 Å². The predicted octanol–water partition coefficient (Wildman–Crippen LogP) is 1.80. The third-order valence-electron chi connectivity index (χ3n) is 4.45. The first-order chi connectivity index (χ1) is 12.0. The predicted molar refractivity (Wildman–Crippen MR) is 88.8 cm³/mol. The second-order valence-electron chi connectivity index (χ2n) is 6.65. The molecule has 1 saturated heterocycles. The number of halogens is 1. The van der Waals surface area contributed by atoms with Crippen molar-refractivity contribution in [3.05, 3.63) is 53.7 Å². The number of rotatable bonds is 6. The highest BCUT2D eigenvalue weighted by Crippen LogP contribution is 2.25. The summed E-state index contributed by atoms with van der Waals surface area (Å²) >= 11 is 0. The van der Waals surface area contributed by atoms with Gasteiger partial charge in [-0.25, -0.2) is 4.39 Å². The molecule has 0 saturated carbocycles. The summed E-state index contributed by atoms with van der Waals surface area (Å²) in [5.74, 6) is -0.588. The maximum absolute atomic E-state index is 13.0. The van der Waals surface area contributed by atoms with Gasteiger partial charge in [0.2, 0.25) is 0 Å². The molecule has 1 fully saturated rings. The SMILES string of the molecule is CN(Cc1ccon1)CC1(O)CCCN(Cc2ccc(F)cc2)C1=O. The normalized spacial score (nSPS) is 21.1. The van der Waals surface area contributed by atoms with Crippen LogP contribution in [-0.4, -0.2) is 51.7 Å². The Morgan fingerprint density at radius 1 is 1.36 bits per heavy atom. The van der Waals surface area contributed by atoms with Gasteiger partial charge in [0.1, 0.15) is 12.1 Å². The number of hydrogen-bond acceptors (Lipinski definition) is 5. The summed E-state index contributed by atoms with van der Waals surface area (Å²) in [6.45, 7) is 1.67. The van der Waals surface area contributed by atoms with Crippen molar-refractivity contribution in [2.75, 3.05) is 20.1 Å². The van der Waals surface area contributed by atoms with Crippen LogP contribution in [-0.2, 0) is 17.9 Å². The lowest BCUT2D eigenvalue weighted by molar-refractivity contribution is -0.160. The molecule has 1 aromatic heterocycles. The van der Waals surface area contributed by atoms with Gasteiger partial charge in [-0.15, -0.1) is 0 Å². The lowest BCUT2D eigenvalue weighted by atomic mass is 9.90. The molecule has 134 valence electrons. The van der Waals surface area contributed by atoms with Gasteiger partial charge >= 0.3 is 0 Å². The van der Waals surface area contributed by atoms with E-state index in [1.807, 2.05) is 11.9 Å². The van der Waals surface area contributed by atoms with E-state index in [2.05, 4.69) is 5.16 Å². The maximum Gasteiger partial charge on any atom is 0.256 e. The Morgan fingerprint density at radius 3 is 2.80 bits per heavy atom. The van der Waals surface area contributed by atoms with Crippen molar-refractivity contribution in [3.8, 4) is 0 Å². The first-order valence-corrected chi connectivity index (χ1v) is 8.30. The molecule has 1 aliphatic heterocycles. The monoisotopic (exact) mass is 347 g/mol. The van der Waals surface area contributed by atoms with Crippen LogP contribution in [0.3, 0.4) is 0 Å². The number of likely N-dealkylation sites (N-methyl/N-ethyl adjacent to an activating group) is 1. The lowest BCUT2D eigenvalue weighted by Crippen LogP contribution is -2.57. The Labute approximate surface area is 145 Å². The fourth-order valence-corrected chi connectivity index (χ4v) is 3.27. The molecular formula is C18H22FN3O3. The molecule has 2 aromatic rings. The number of carbonyl (C=O) groups excluding carboxylic acids is 1. The standard InChI is InChI=1S/C18H22FN3O3/c1-21(12-16-7-10-25-20-16)13-18(24)8-2-9-22(17(18)23)11-14-3-5-15(19)6-4-14/h3-7,10,24H,2,8-9,11-13H2,1H3. The van der Waals surface area contributed by atoms with Gasteiger partial charge in [0, 0.05) is 32.2 Å². The summed E-state index contributed by atoms with van der Waals surface area (Å²) in [5, 5.41) is 14.7. The zero-order chi connectivity index (χ0) is 17.9. The smallest absolute Gasteiger partial charge is 0.256 e. The van der Waals surface area contributed by atoms with Crippen molar-refractivity contribution in [2.24, 2.45) is 0 Å². The molecule has 0 radical (unpaired) electrons. The quantitative estimate of drug-likeness (QED) is 0.863. The van der Waals surface area contributed by atoms with E-state index in [9.17, 15) is 14.3 Å². The molecule has 1 aliphatic rings. The minimum Gasteiger partial charge on any atom is -0.379 e. The van der Waals surface area contributed by atoms with E-state index in [1.165, 1.54) is 18.4 Å². The largest absolute Gasteiger partial charge is 0.379 e. The molecular weight excluding hydrogens is 325 g/mol. The van der Waals surface area contributed by atoms with Gasteiger partial charge in [0.25, 0.3) is 5.91 Å². The highest BCUT2D eigenvalue weighted by molar-refractivity contribution is 5.86. The Bertz CT molecular complexity index is 705. The fourth-order valence-electron chi connectivity index (χ4n) is 3.27. The average molecular weight is 347 g/mol. The van der Waals surface area contributed by atoms with Crippen LogP contribution in [0.15, 0.2) is 41.1 Å². The summed E-state index contributed by atoms with van der Waals surface area (Å²) < 4.78 is 17.8. The summed E-state index contributed by atoms with van der Waals surface area (Å²) in [6, 6.07) is 7.83. The third-order valence-corrected chi connectivity index (χ3v) is 4.45. The van der Waals surface area contributed by atoms with Crippen molar-refractivity contribution in [2.45, 2.75) is 31.5 Å². The Kier molecular flexibility index (Phi) is 5.15. The van der Waals surface area contributed by atoms with Gasteiger partial charge in [-0.2, -0.15) is 0 Å². The molecule has 3 rings (SSSR count). The Morgan fingerprint density at radius 2 is 2.12 bits per heavy atom. The highest BCUT2D eigenvalue weighted by Gasteiger charge is 2.42. The lowest BCUT2D eigenvalue weighted by Gasteiger charge is -2.40. The van der Waals surface area contributed by atoms with Crippen molar-refractivity contribution in [1.82, 2.24) is 15.0 Å². The number of aromatic nitrogens is 1. The molecule has 1 amide bonds. The minimum absolute atomic E-state index is 0.221. The van der Waals surface area contributed by atoms with Crippen LogP contribution in [0.4, 0.5) is 4.39 Å². The molecule has 0 bridgehead atoms. The van der Waals surface area contributed by atoms with Gasteiger partial charge in [-0.3, -0.25) is 9.69 Å². The number of nitrogens with zero attached hydrogens (tertiary/aromatic N) is 3. The molecule has 1 atom stereocenters. The Hall–Kier alpha value is -2.25. The molecule has 2 heterocycles. The third kappa shape index (κ3) is 4.24. The van der Waals surface area contributed by atoms with Gasteiger partial charge in [0.15, 0.2) is 5.60 Å². The van der Waals surface area contributed by atoms with E-state index in [4.69, 9.17) is 4.52 Å². The zero-order valence-corrected chi connectivity index (χ0v) is 14.2. The van der Waals surface area contributed by atoms with Crippen molar-refractivity contribution < 1.29 is 18.8 Å². The van der Waals surface area contributed by atoms with Crippen molar-refractivity contribution >= 4 is 5.91 Å². The fraction of sp³-hybridized carbons (Fsp3) is 0.444. The second-order valence-corrected chi connectivity index (χ2v) is 6.65. The van der Waals surface area contributed by atoms with Crippen LogP contribution >= 0.6 is 0 Å². The number of hydrogen-bond donors (Lipinski definition) is 1. The van der Waals surface area contributed by atoms with Crippen LogP contribution in [0.2, 0.25) is 0 Å². The summed E-state index contributed by atoms with van der Waals surface area (Å²) in [4.78, 5) is 16.3. The van der Waals surface area contributed by atoms with E-state index in [-0.39, 0.29) is 18.3 Å². The highest BCUT2D eigenvalue weighted by atomic mass is 19.1. The van der Waals surface area contributed by atoms with Gasteiger partial charge in [-0.05, 0) is 37.6 Å². The molecule has 1 unspecified atom stereocenters. The van der Waals surface area contributed by atoms with Gasteiger partial charge in [-0.1, -0.05) is 17.3 Å². The molecule has 25 heavy (non-hydrogen) atoms. The van der Waals surface area contributed by atoms with Crippen LogP contribution in [0.25, 0.3) is 0 Å². The molecule has 1 N–H and O–H groups in total. The van der Waals surface area contributed by atoms with Gasteiger partial charge < -0.3 is 14.5 Å².